The van der Waals surface area contributed by atoms with E-state index in [-0.39, 0.29) is 0 Å². The third kappa shape index (κ3) is 2.95. The summed E-state index contributed by atoms with van der Waals surface area (Å²) in [5.41, 5.74) is 5.52. The van der Waals surface area contributed by atoms with Gasteiger partial charge in [0.25, 0.3) is 0 Å². The molecule has 0 saturated heterocycles. The molecule has 2 aromatic carbocycles. The first kappa shape index (κ1) is 15.4. The van der Waals surface area contributed by atoms with E-state index in [1.54, 1.807) is 21.6 Å². The third-order valence-electron chi connectivity index (χ3n) is 3.60. The van der Waals surface area contributed by atoms with Crippen molar-refractivity contribution in [1.29, 1.82) is 0 Å². The Bertz CT molecular complexity index is 964. The van der Waals surface area contributed by atoms with Crippen LogP contribution in [0.4, 0.5) is 0 Å². The van der Waals surface area contributed by atoms with E-state index in [0.717, 1.165) is 43.5 Å². The maximum Gasteiger partial charge on any atom is 0.129 e. The van der Waals surface area contributed by atoms with E-state index in [9.17, 15) is 0 Å². The summed E-state index contributed by atoms with van der Waals surface area (Å²) < 4.78 is 0. The van der Waals surface area contributed by atoms with Gasteiger partial charge in [-0.2, -0.15) is 0 Å². The lowest BCUT2D eigenvalue weighted by molar-refractivity contribution is 1.04. The lowest BCUT2D eigenvalue weighted by Crippen LogP contribution is -1.93. The third-order valence-corrected chi connectivity index (χ3v) is 5.97. The second kappa shape index (κ2) is 6.37. The van der Waals surface area contributed by atoms with Crippen molar-refractivity contribution in [1.82, 2.24) is 19.9 Å². The molecule has 0 radical (unpaired) electrons. The number of para-hydroxylation sites is 4. The van der Waals surface area contributed by atoms with Gasteiger partial charge in [0.15, 0.2) is 0 Å². The molecular weight excluding hydrogens is 336 g/mol. The molecule has 0 spiro atoms. The Labute approximate surface area is 147 Å². The predicted octanol–water partition coefficient (Wildman–Crippen LogP) is 4.99. The molecule has 0 aliphatic heterocycles. The minimum absolute atomic E-state index is 0.910. The molecule has 0 unspecified atom stereocenters. The molecule has 24 heavy (non-hydrogen) atoms. The predicted molar refractivity (Wildman–Crippen MR) is 100 cm³/mol. The number of fused-ring (bicyclic) bond motifs is 2. The average molecular weight is 350 g/mol. The average Bonchev–Trinajstić information content (AvgIpc) is 2.60. The van der Waals surface area contributed by atoms with Crippen LogP contribution in [-0.4, -0.2) is 19.9 Å². The van der Waals surface area contributed by atoms with Crippen molar-refractivity contribution in [3.63, 3.8) is 0 Å². The monoisotopic (exact) mass is 350 g/mol. The Morgan fingerprint density at radius 1 is 0.542 bits per heavy atom. The van der Waals surface area contributed by atoms with Crippen LogP contribution >= 0.6 is 21.6 Å². The number of rotatable bonds is 3. The van der Waals surface area contributed by atoms with Gasteiger partial charge in [-0.1, -0.05) is 24.3 Å². The SMILES string of the molecule is Cc1nc2ccccc2nc1SSc1nc2ccccc2nc1C. The molecule has 6 heteroatoms. The van der Waals surface area contributed by atoms with Gasteiger partial charge < -0.3 is 0 Å². The summed E-state index contributed by atoms with van der Waals surface area (Å²) in [5.74, 6) is 0. The van der Waals surface area contributed by atoms with Crippen LogP contribution in [0.15, 0.2) is 58.6 Å². The van der Waals surface area contributed by atoms with Crippen LogP contribution < -0.4 is 0 Å². The highest BCUT2D eigenvalue weighted by molar-refractivity contribution is 8.76. The standard InChI is InChI=1S/C18H14N4S2/c1-11-17(21-15-9-5-3-7-13(15)19-11)23-24-18-12(2)20-14-8-4-6-10-16(14)22-18/h3-10H,1-2H3. The second-order valence-electron chi connectivity index (χ2n) is 5.37. The Balaban J connectivity index is 1.65. The summed E-state index contributed by atoms with van der Waals surface area (Å²) in [4.78, 5) is 18.7. The first-order valence-electron chi connectivity index (χ1n) is 7.52. The van der Waals surface area contributed by atoms with Gasteiger partial charge in [0.1, 0.15) is 10.1 Å². The van der Waals surface area contributed by atoms with Gasteiger partial charge in [0.05, 0.1) is 33.5 Å². The normalized spacial score (nSPS) is 11.2. The number of hydrogen-bond acceptors (Lipinski definition) is 6. The van der Waals surface area contributed by atoms with E-state index in [0.29, 0.717) is 0 Å². The summed E-state index contributed by atoms with van der Waals surface area (Å²) in [7, 11) is 3.16. The van der Waals surface area contributed by atoms with Crippen molar-refractivity contribution in [2.45, 2.75) is 23.9 Å². The molecule has 0 aliphatic rings. The zero-order valence-electron chi connectivity index (χ0n) is 13.2. The van der Waals surface area contributed by atoms with E-state index in [1.807, 2.05) is 62.4 Å². The molecule has 2 heterocycles. The van der Waals surface area contributed by atoms with E-state index in [1.165, 1.54) is 0 Å². The molecule has 0 amide bonds. The molecule has 0 atom stereocenters. The van der Waals surface area contributed by atoms with Crippen molar-refractivity contribution in [2.75, 3.05) is 0 Å². The van der Waals surface area contributed by atoms with Crippen LogP contribution in [0.1, 0.15) is 11.4 Å². The van der Waals surface area contributed by atoms with E-state index >= 15 is 0 Å². The van der Waals surface area contributed by atoms with E-state index < -0.39 is 0 Å². The highest BCUT2D eigenvalue weighted by atomic mass is 33.1. The largest absolute Gasteiger partial charge is 0.249 e. The summed E-state index contributed by atoms with van der Waals surface area (Å²) in [6, 6.07) is 15.8. The first-order chi connectivity index (χ1) is 11.7. The van der Waals surface area contributed by atoms with Crippen molar-refractivity contribution in [3.05, 3.63) is 59.9 Å². The van der Waals surface area contributed by atoms with Crippen LogP contribution in [0, 0.1) is 13.8 Å². The molecule has 0 N–H and O–H groups in total. The second-order valence-corrected chi connectivity index (χ2v) is 7.48. The quantitative estimate of drug-likeness (QED) is 0.485. The van der Waals surface area contributed by atoms with Gasteiger partial charge in [0, 0.05) is 0 Å². The van der Waals surface area contributed by atoms with Crippen LogP contribution in [0.25, 0.3) is 22.1 Å². The van der Waals surface area contributed by atoms with Gasteiger partial charge >= 0.3 is 0 Å². The molecule has 0 saturated carbocycles. The number of nitrogens with zero attached hydrogens (tertiary/aromatic N) is 4. The minimum Gasteiger partial charge on any atom is -0.249 e. The van der Waals surface area contributed by atoms with Gasteiger partial charge in [-0.25, -0.2) is 19.9 Å². The Kier molecular flexibility index (Phi) is 4.08. The molecule has 4 nitrogen and oxygen atoms in total. The van der Waals surface area contributed by atoms with Crippen molar-refractivity contribution in [2.24, 2.45) is 0 Å². The molecule has 4 aromatic rings. The summed E-state index contributed by atoms with van der Waals surface area (Å²) >= 11 is 0. The number of benzene rings is 2. The summed E-state index contributed by atoms with van der Waals surface area (Å²) in [6.07, 6.45) is 0. The fourth-order valence-corrected chi connectivity index (χ4v) is 4.56. The summed E-state index contributed by atoms with van der Waals surface area (Å²) in [6.45, 7) is 3.97. The Morgan fingerprint density at radius 2 is 0.875 bits per heavy atom. The molecule has 0 aliphatic carbocycles. The van der Waals surface area contributed by atoms with Gasteiger partial charge in [-0.05, 0) is 59.7 Å². The molecule has 2 aromatic heterocycles. The van der Waals surface area contributed by atoms with Crippen LogP contribution in [-0.2, 0) is 0 Å². The van der Waals surface area contributed by atoms with Gasteiger partial charge in [-0.3, -0.25) is 0 Å². The van der Waals surface area contributed by atoms with E-state index in [2.05, 4.69) is 9.97 Å². The zero-order valence-corrected chi connectivity index (χ0v) is 14.9. The number of aromatic nitrogens is 4. The topological polar surface area (TPSA) is 51.6 Å². The fraction of sp³-hybridized carbons (Fsp3) is 0.111. The smallest absolute Gasteiger partial charge is 0.129 e. The maximum atomic E-state index is 4.71. The first-order valence-corrected chi connectivity index (χ1v) is 9.67. The van der Waals surface area contributed by atoms with Crippen LogP contribution in [0.3, 0.4) is 0 Å². The lowest BCUT2D eigenvalue weighted by atomic mass is 10.3. The van der Waals surface area contributed by atoms with E-state index in [4.69, 9.17) is 9.97 Å². The van der Waals surface area contributed by atoms with Crippen molar-refractivity contribution in [3.8, 4) is 0 Å². The lowest BCUT2D eigenvalue weighted by Gasteiger charge is -2.07. The molecule has 118 valence electrons. The molecular formula is C18H14N4S2. The van der Waals surface area contributed by atoms with Crippen LogP contribution in [0.2, 0.25) is 0 Å². The molecule has 4 rings (SSSR count). The molecule has 0 bridgehead atoms. The number of aryl methyl sites for hydroxylation is 2. The van der Waals surface area contributed by atoms with Gasteiger partial charge in [-0.15, -0.1) is 0 Å². The Morgan fingerprint density at radius 3 is 1.25 bits per heavy atom. The minimum atomic E-state index is 0.910. The maximum absolute atomic E-state index is 4.71. The summed E-state index contributed by atoms with van der Waals surface area (Å²) in [5, 5.41) is 1.82. The Hall–Kier alpha value is -2.18. The van der Waals surface area contributed by atoms with Gasteiger partial charge in [0.2, 0.25) is 0 Å². The highest BCUT2D eigenvalue weighted by Gasteiger charge is 2.10. The molecule has 0 fully saturated rings. The fourth-order valence-electron chi connectivity index (χ4n) is 2.38. The zero-order chi connectivity index (χ0) is 16.5. The van der Waals surface area contributed by atoms with Crippen molar-refractivity contribution < 1.29 is 0 Å². The number of hydrogen-bond donors (Lipinski definition) is 0. The van der Waals surface area contributed by atoms with Crippen molar-refractivity contribution >= 4 is 43.7 Å². The van der Waals surface area contributed by atoms with Crippen LogP contribution in [0.5, 0.6) is 0 Å². The highest BCUT2D eigenvalue weighted by Crippen LogP contribution is 2.38.